The van der Waals surface area contributed by atoms with Gasteiger partial charge in [-0.2, -0.15) is 10.1 Å². The molecule has 0 atom stereocenters. The van der Waals surface area contributed by atoms with Crippen LogP contribution in [0.2, 0.25) is 5.02 Å². The third-order valence-electron chi connectivity index (χ3n) is 5.29. The lowest BCUT2D eigenvalue weighted by molar-refractivity contribution is -0.123. The zero-order valence-corrected chi connectivity index (χ0v) is 22.4. The minimum absolute atomic E-state index is 0.215. The fourth-order valence-corrected chi connectivity index (χ4v) is 5.21. The molecule has 1 aliphatic rings. The molecular formula is C26H16BrClN4O2S2. The first-order valence-electron chi connectivity index (χ1n) is 10.7. The zero-order valence-electron chi connectivity index (χ0n) is 18.4. The smallest absolute Gasteiger partial charge is 0.267 e. The molecule has 5 rings (SSSR count). The summed E-state index contributed by atoms with van der Waals surface area (Å²) in [6, 6.07) is 24.1. The number of amides is 2. The molecule has 36 heavy (non-hydrogen) atoms. The molecule has 0 saturated carbocycles. The molecule has 1 N–H and O–H groups in total. The number of rotatable bonds is 5. The van der Waals surface area contributed by atoms with Gasteiger partial charge in [-0.25, -0.2) is 4.68 Å². The minimum atomic E-state index is -0.523. The van der Waals surface area contributed by atoms with E-state index in [9.17, 15) is 9.59 Å². The van der Waals surface area contributed by atoms with Gasteiger partial charge in [0.1, 0.15) is 0 Å². The van der Waals surface area contributed by atoms with Crippen molar-refractivity contribution in [3.63, 3.8) is 0 Å². The number of nitrogens with one attached hydrogen (secondary N) is 1. The molecule has 0 bridgehead atoms. The van der Waals surface area contributed by atoms with Crippen molar-refractivity contribution in [2.24, 2.45) is 0 Å². The van der Waals surface area contributed by atoms with Crippen LogP contribution in [0.15, 0.2) is 94.4 Å². The molecule has 4 aromatic rings. The molecule has 1 aliphatic heterocycles. The molecule has 1 aromatic heterocycles. The van der Waals surface area contributed by atoms with Crippen LogP contribution >= 0.6 is 51.5 Å². The summed E-state index contributed by atoms with van der Waals surface area (Å²) < 4.78 is 2.93. The number of hydrazine groups is 1. The summed E-state index contributed by atoms with van der Waals surface area (Å²) in [4.78, 5) is 26.3. The lowest BCUT2D eigenvalue weighted by Gasteiger charge is -2.16. The number of aromatic nitrogens is 2. The number of para-hydroxylation sites is 1. The van der Waals surface area contributed by atoms with Gasteiger partial charge in [0.2, 0.25) is 0 Å². The quantitative estimate of drug-likeness (QED) is 0.211. The minimum Gasteiger partial charge on any atom is -0.267 e. The Morgan fingerprint density at radius 1 is 1.03 bits per heavy atom. The van der Waals surface area contributed by atoms with Gasteiger partial charge in [-0.05, 0) is 54.7 Å². The van der Waals surface area contributed by atoms with Crippen molar-refractivity contribution in [2.45, 2.75) is 0 Å². The number of carbonyl (C=O) groups is 2. The number of hydrogen-bond acceptors (Lipinski definition) is 5. The van der Waals surface area contributed by atoms with Crippen molar-refractivity contribution < 1.29 is 9.59 Å². The van der Waals surface area contributed by atoms with Crippen LogP contribution in [0, 0.1) is 0 Å². The zero-order chi connectivity index (χ0) is 25.2. The van der Waals surface area contributed by atoms with E-state index < -0.39 is 11.8 Å². The standard InChI is InChI=1S/C26H16BrClN4O2S2/c27-18-12-10-16(11-13-18)23-17(15-31(29-23)19-6-2-1-3-7-19)14-22-25(34)32(26(35)36-22)30-24(33)20-8-4-5-9-21(20)28/h1-15H,(H,30,33)/b22-14-. The summed E-state index contributed by atoms with van der Waals surface area (Å²) in [5, 5.41) is 6.14. The molecular weight excluding hydrogens is 580 g/mol. The molecule has 3 aromatic carbocycles. The van der Waals surface area contributed by atoms with Crippen LogP contribution in [-0.2, 0) is 4.79 Å². The Labute approximate surface area is 230 Å². The first kappa shape index (κ1) is 24.5. The van der Waals surface area contributed by atoms with Gasteiger partial charge >= 0.3 is 0 Å². The maximum atomic E-state index is 13.2. The van der Waals surface area contributed by atoms with Gasteiger partial charge in [-0.1, -0.05) is 81.8 Å². The van der Waals surface area contributed by atoms with Crippen LogP contribution in [0.3, 0.4) is 0 Å². The highest BCUT2D eigenvalue weighted by molar-refractivity contribution is 9.10. The van der Waals surface area contributed by atoms with Crippen molar-refractivity contribution in [1.82, 2.24) is 20.2 Å². The third kappa shape index (κ3) is 5.01. The second kappa shape index (κ2) is 10.4. The van der Waals surface area contributed by atoms with Crippen LogP contribution in [0.1, 0.15) is 15.9 Å². The third-order valence-corrected chi connectivity index (χ3v) is 7.45. The van der Waals surface area contributed by atoms with E-state index in [1.165, 1.54) is 0 Å². The first-order valence-corrected chi connectivity index (χ1v) is 13.0. The maximum absolute atomic E-state index is 13.2. The van der Waals surface area contributed by atoms with Crippen molar-refractivity contribution >= 4 is 73.7 Å². The molecule has 1 saturated heterocycles. The van der Waals surface area contributed by atoms with E-state index in [0.717, 1.165) is 38.1 Å². The number of nitrogens with zero attached hydrogens (tertiary/aromatic N) is 3. The highest BCUT2D eigenvalue weighted by Crippen LogP contribution is 2.34. The normalized spacial score (nSPS) is 14.5. The average Bonchev–Trinajstić information content (AvgIpc) is 3.42. The monoisotopic (exact) mass is 594 g/mol. The molecule has 0 spiro atoms. The van der Waals surface area contributed by atoms with E-state index in [-0.39, 0.29) is 14.9 Å². The molecule has 0 radical (unpaired) electrons. The number of thioether (sulfide) groups is 1. The van der Waals surface area contributed by atoms with Gasteiger partial charge in [-0.3, -0.25) is 15.0 Å². The average molecular weight is 596 g/mol. The van der Waals surface area contributed by atoms with Crippen LogP contribution in [0.25, 0.3) is 23.0 Å². The van der Waals surface area contributed by atoms with Crippen molar-refractivity contribution in [2.75, 3.05) is 0 Å². The van der Waals surface area contributed by atoms with Crippen LogP contribution in [0.5, 0.6) is 0 Å². The molecule has 0 aliphatic carbocycles. The van der Waals surface area contributed by atoms with Gasteiger partial charge in [0.25, 0.3) is 11.8 Å². The molecule has 0 unspecified atom stereocenters. The Balaban J connectivity index is 1.48. The number of carbonyl (C=O) groups excluding carboxylic acids is 2. The molecule has 2 heterocycles. The van der Waals surface area contributed by atoms with E-state index in [4.69, 9.17) is 28.9 Å². The maximum Gasteiger partial charge on any atom is 0.285 e. The summed E-state index contributed by atoms with van der Waals surface area (Å²) in [6.45, 7) is 0. The van der Waals surface area contributed by atoms with Crippen LogP contribution in [0.4, 0.5) is 0 Å². The largest absolute Gasteiger partial charge is 0.285 e. The summed E-state index contributed by atoms with van der Waals surface area (Å²) in [7, 11) is 0. The van der Waals surface area contributed by atoms with E-state index in [1.54, 1.807) is 35.0 Å². The van der Waals surface area contributed by atoms with Gasteiger partial charge < -0.3 is 0 Å². The Hall–Kier alpha value is -3.24. The Morgan fingerprint density at radius 2 is 1.72 bits per heavy atom. The fourth-order valence-electron chi connectivity index (χ4n) is 3.55. The SMILES string of the molecule is O=C(NN1C(=O)/C(=C/c2cn(-c3ccccc3)nc2-c2ccc(Br)cc2)SC1=S)c1ccccc1Cl. The highest BCUT2D eigenvalue weighted by Gasteiger charge is 2.34. The predicted molar refractivity (Wildman–Crippen MR) is 151 cm³/mol. The topological polar surface area (TPSA) is 67.2 Å². The second-order valence-corrected chi connectivity index (χ2v) is 10.7. The van der Waals surface area contributed by atoms with E-state index in [2.05, 4.69) is 21.4 Å². The van der Waals surface area contributed by atoms with Gasteiger partial charge in [0.15, 0.2) is 4.32 Å². The van der Waals surface area contributed by atoms with Crippen LogP contribution in [-0.4, -0.2) is 30.9 Å². The number of benzene rings is 3. The summed E-state index contributed by atoms with van der Waals surface area (Å²) in [5.41, 5.74) is 6.03. The van der Waals surface area contributed by atoms with Crippen LogP contribution < -0.4 is 5.43 Å². The Morgan fingerprint density at radius 3 is 2.44 bits per heavy atom. The number of thiocarbonyl (C=S) groups is 1. The van der Waals surface area contributed by atoms with Gasteiger partial charge in [0.05, 0.1) is 26.9 Å². The lowest BCUT2D eigenvalue weighted by atomic mass is 10.1. The fraction of sp³-hybridized carbons (Fsp3) is 0. The highest BCUT2D eigenvalue weighted by atomic mass is 79.9. The summed E-state index contributed by atoms with van der Waals surface area (Å²) >= 11 is 16.1. The van der Waals surface area contributed by atoms with Crippen molar-refractivity contribution in [3.05, 3.63) is 111 Å². The van der Waals surface area contributed by atoms with E-state index in [1.807, 2.05) is 60.8 Å². The Bertz CT molecular complexity index is 1520. The van der Waals surface area contributed by atoms with Crippen molar-refractivity contribution in [3.8, 4) is 16.9 Å². The van der Waals surface area contributed by atoms with E-state index >= 15 is 0 Å². The molecule has 10 heteroatoms. The summed E-state index contributed by atoms with van der Waals surface area (Å²) in [5.74, 6) is -0.954. The molecule has 1 fully saturated rings. The number of halogens is 2. The first-order chi connectivity index (χ1) is 17.4. The van der Waals surface area contributed by atoms with Gasteiger partial charge in [-0.15, -0.1) is 0 Å². The molecule has 2 amide bonds. The lowest BCUT2D eigenvalue weighted by Crippen LogP contribution is -2.44. The number of hydrogen-bond donors (Lipinski definition) is 1. The second-order valence-electron chi connectivity index (χ2n) is 7.66. The molecule has 178 valence electrons. The summed E-state index contributed by atoms with van der Waals surface area (Å²) in [6.07, 6.45) is 3.60. The van der Waals surface area contributed by atoms with E-state index in [0.29, 0.717) is 10.6 Å². The van der Waals surface area contributed by atoms with Crippen molar-refractivity contribution in [1.29, 1.82) is 0 Å². The molecule has 6 nitrogen and oxygen atoms in total. The van der Waals surface area contributed by atoms with Gasteiger partial charge in [0, 0.05) is 21.8 Å². The Kier molecular flexibility index (Phi) is 7.06. The predicted octanol–water partition coefficient (Wildman–Crippen LogP) is 6.50.